The van der Waals surface area contributed by atoms with Crippen molar-refractivity contribution in [2.24, 2.45) is 5.92 Å². The Hall–Kier alpha value is -2.05. The van der Waals surface area contributed by atoms with Crippen LogP contribution in [0.4, 0.5) is 0 Å². The maximum atomic E-state index is 12.7. The van der Waals surface area contributed by atoms with Crippen molar-refractivity contribution >= 4 is 17.2 Å². The highest BCUT2D eigenvalue weighted by atomic mass is 32.1. The highest BCUT2D eigenvalue weighted by molar-refractivity contribution is 7.12. The normalized spacial score (nSPS) is 27.2. The van der Waals surface area contributed by atoms with E-state index >= 15 is 0 Å². The summed E-state index contributed by atoms with van der Waals surface area (Å²) in [5.74, 6) is 2.10. The average Bonchev–Trinajstić information content (AvgIpc) is 3.13. The first-order valence-electron chi connectivity index (χ1n) is 9.09. The van der Waals surface area contributed by atoms with Crippen LogP contribution >= 0.6 is 11.3 Å². The summed E-state index contributed by atoms with van der Waals surface area (Å²) in [6, 6.07) is 9.83. The molecule has 5 rings (SSSR count). The van der Waals surface area contributed by atoms with Gasteiger partial charge in [-0.1, -0.05) is 0 Å². The fourth-order valence-corrected chi connectivity index (χ4v) is 4.76. The molecule has 2 aromatic rings. The van der Waals surface area contributed by atoms with Crippen LogP contribution < -0.4 is 14.8 Å². The molecule has 1 N–H and O–H groups in total. The quantitative estimate of drug-likeness (QED) is 0.868. The van der Waals surface area contributed by atoms with Crippen LogP contribution in [0.25, 0.3) is 0 Å². The second-order valence-corrected chi connectivity index (χ2v) is 7.92. The average molecular weight is 372 g/mol. The molecule has 5 nitrogen and oxygen atoms in total. The molecule has 3 aliphatic heterocycles. The summed E-state index contributed by atoms with van der Waals surface area (Å²) < 4.78 is 11.0. The van der Waals surface area contributed by atoms with Crippen LogP contribution in [0.5, 0.6) is 16.6 Å². The number of methoxy groups -OCH3 is 1. The number of thiophene rings is 1. The fraction of sp³-hybridized carbons (Fsp3) is 0.450. The molecule has 0 saturated carbocycles. The van der Waals surface area contributed by atoms with Crippen molar-refractivity contribution in [1.29, 1.82) is 0 Å². The van der Waals surface area contributed by atoms with Crippen molar-refractivity contribution in [2.75, 3.05) is 20.2 Å². The van der Waals surface area contributed by atoms with E-state index in [0.29, 0.717) is 23.3 Å². The number of hydrogen-bond acceptors (Lipinski definition) is 5. The van der Waals surface area contributed by atoms with Gasteiger partial charge >= 0.3 is 0 Å². The summed E-state index contributed by atoms with van der Waals surface area (Å²) in [6.45, 7) is 4.55. The lowest BCUT2D eigenvalue weighted by atomic mass is 9.79. The number of benzene rings is 1. The van der Waals surface area contributed by atoms with Crippen LogP contribution in [0.3, 0.4) is 0 Å². The van der Waals surface area contributed by atoms with Gasteiger partial charge in [0.25, 0.3) is 5.91 Å². The van der Waals surface area contributed by atoms with E-state index in [9.17, 15) is 4.79 Å². The molecular formula is C20H24N2O3S. The highest BCUT2D eigenvalue weighted by Gasteiger charge is 2.40. The first-order chi connectivity index (χ1) is 12.6. The Balaban J connectivity index is 1.39. The molecule has 0 aliphatic carbocycles. The second-order valence-electron chi connectivity index (χ2n) is 7.05. The van der Waals surface area contributed by atoms with Gasteiger partial charge in [0.2, 0.25) is 0 Å². The van der Waals surface area contributed by atoms with Gasteiger partial charge in [-0.25, -0.2) is 0 Å². The van der Waals surface area contributed by atoms with Gasteiger partial charge in [0.15, 0.2) is 5.06 Å². The Morgan fingerprint density at radius 1 is 1.19 bits per heavy atom. The molecule has 1 aromatic heterocycles. The van der Waals surface area contributed by atoms with Gasteiger partial charge < -0.3 is 14.8 Å². The lowest BCUT2D eigenvalue weighted by molar-refractivity contribution is 0.0217. The van der Waals surface area contributed by atoms with Crippen molar-refractivity contribution in [1.82, 2.24) is 10.2 Å². The summed E-state index contributed by atoms with van der Waals surface area (Å²) >= 11 is 1.48. The molecule has 0 radical (unpaired) electrons. The third kappa shape index (κ3) is 3.44. The number of rotatable bonds is 5. The molecule has 26 heavy (non-hydrogen) atoms. The molecule has 2 atom stereocenters. The summed E-state index contributed by atoms with van der Waals surface area (Å²) in [4.78, 5) is 15.1. The Morgan fingerprint density at radius 3 is 2.54 bits per heavy atom. The van der Waals surface area contributed by atoms with Crippen molar-refractivity contribution in [3.8, 4) is 16.6 Å². The number of nitrogens with one attached hydrogen (secondary N) is 1. The van der Waals surface area contributed by atoms with E-state index in [1.807, 2.05) is 35.7 Å². The zero-order chi connectivity index (χ0) is 18.1. The Kier molecular flexibility index (Phi) is 4.87. The van der Waals surface area contributed by atoms with Crippen molar-refractivity contribution < 1.29 is 14.3 Å². The summed E-state index contributed by atoms with van der Waals surface area (Å²) in [7, 11) is 1.63. The molecule has 3 fully saturated rings. The van der Waals surface area contributed by atoms with Crippen molar-refractivity contribution in [3.63, 3.8) is 0 Å². The van der Waals surface area contributed by atoms with Gasteiger partial charge in [-0.15, -0.1) is 11.3 Å². The van der Waals surface area contributed by atoms with E-state index in [1.54, 1.807) is 7.11 Å². The van der Waals surface area contributed by atoms with Gasteiger partial charge in [-0.3, -0.25) is 9.69 Å². The predicted octanol–water partition coefficient (Wildman–Crippen LogP) is 3.76. The van der Waals surface area contributed by atoms with Crippen LogP contribution in [0, 0.1) is 5.92 Å². The number of amides is 1. The zero-order valence-electron chi connectivity index (χ0n) is 15.1. The predicted molar refractivity (Wildman–Crippen MR) is 102 cm³/mol. The number of carbonyl (C=O) groups excluding carboxylic acids is 1. The van der Waals surface area contributed by atoms with Crippen LogP contribution in [0.1, 0.15) is 30.1 Å². The number of nitrogens with zero attached hydrogens (tertiary/aromatic N) is 1. The van der Waals surface area contributed by atoms with Crippen LogP contribution in [-0.2, 0) is 0 Å². The molecule has 1 aromatic carbocycles. The van der Waals surface area contributed by atoms with Gasteiger partial charge in [0.05, 0.1) is 7.11 Å². The van der Waals surface area contributed by atoms with E-state index in [2.05, 4.69) is 17.1 Å². The van der Waals surface area contributed by atoms with Crippen LogP contribution in [0.15, 0.2) is 35.7 Å². The molecule has 3 aliphatic rings. The van der Waals surface area contributed by atoms with Crippen LogP contribution in [0.2, 0.25) is 0 Å². The van der Waals surface area contributed by atoms with E-state index in [-0.39, 0.29) is 11.9 Å². The van der Waals surface area contributed by atoms with Gasteiger partial charge in [-0.2, -0.15) is 0 Å². The molecule has 4 heterocycles. The molecule has 2 bridgehead atoms. The van der Waals surface area contributed by atoms with Crippen LogP contribution in [-0.4, -0.2) is 43.1 Å². The smallest absolute Gasteiger partial charge is 0.251 e. The topological polar surface area (TPSA) is 50.8 Å². The largest absolute Gasteiger partial charge is 0.496 e. The first kappa shape index (κ1) is 17.4. The van der Waals surface area contributed by atoms with E-state index in [1.165, 1.54) is 24.2 Å². The van der Waals surface area contributed by atoms with Gasteiger partial charge in [0, 0.05) is 29.1 Å². The first-order valence-corrected chi connectivity index (χ1v) is 9.97. The van der Waals surface area contributed by atoms with E-state index in [0.717, 1.165) is 23.9 Å². The number of piperidine rings is 3. The molecular weight excluding hydrogens is 348 g/mol. The minimum atomic E-state index is -0.0000529. The van der Waals surface area contributed by atoms with Crippen molar-refractivity contribution in [2.45, 2.75) is 31.8 Å². The Labute approximate surface area is 157 Å². The molecule has 1 amide bonds. The third-order valence-corrected chi connectivity index (χ3v) is 6.38. The maximum absolute atomic E-state index is 12.7. The third-order valence-electron chi connectivity index (χ3n) is 5.60. The molecule has 6 heteroatoms. The molecule has 3 saturated heterocycles. The highest BCUT2D eigenvalue weighted by Crippen LogP contribution is 2.33. The molecule has 138 valence electrons. The monoisotopic (exact) mass is 372 g/mol. The van der Waals surface area contributed by atoms with E-state index < -0.39 is 0 Å². The lowest BCUT2D eigenvalue weighted by Gasteiger charge is -2.49. The Morgan fingerprint density at radius 2 is 1.92 bits per heavy atom. The zero-order valence-corrected chi connectivity index (χ0v) is 15.9. The number of ether oxygens (including phenoxy) is 2. The van der Waals surface area contributed by atoms with Gasteiger partial charge in [-0.05, 0) is 63.0 Å². The summed E-state index contributed by atoms with van der Waals surface area (Å²) in [6.07, 6.45) is 2.37. The molecule has 0 spiro atoms. The van der Waals surface area contributed by atoms with E-state index in [4.69, 9.17) is 9.47 Å². The number of carbonyl (C=O) groups is 1. The van der Waals surface area contributed by atoms with Gasteiger partial charge in [0.1, 0.15) is 11.5 Å². The standard InChI is InChI=1S/C20H24N2O3S/c1-13-19(14-7-9-22(13)10-8-14)21-20(23)15-3-5-16(6-4-15)25-18-11-17(24-2)12-26-18/h3-6,11-14,19H,7-10H2,1-2H3,(H,21,23)/t13-,19-/m0/s1. The number of hydrogen-bond donors (Lipinski definition) is 1. The Bertz CT molecular complexity index is 764. The maximum Gasteiger partial charge on any atom is 0.251 e. The fourth-order valence-electron chi connectivity index (χ4n) is 4.03. The summed E-state index contributed by atoms with van der Waals surface area (Å²) in [5.41, 5.74) is 0.671. The van der Waals surface area contributed by atoms with Crippen molar-refractivity contribution in [3.05, 3.63) is 41.3 Å². The summed E-state index contributed by atoms with van der Waals surface area (Å²) in [5, 5.41) is 5.92. The lowest BCUT2D eigenvalue weighted by Crippen LogP contribution is -2.62. The SMILES string of the molecule is COc1csc(Oc2ccc(C(=O)N[C@@H]3C4CCN(CC4)[C@H]3C)cc2)c1. The minimum absolute atomic E-state index is 0.0000529. The minimum Gasteiger partial charge on any atom is -0.496 e. The number of fused-ring (bicyclic) bond motifs is 3. The molecule has 0 unspecified atom stereocenters. The second kappa shape index (κ2) is 7.29.